The van der Waals surface area contributed by atoms with Crippen LogP contribution in [0.2, 0.25) is 0 Å². The zero-order chi connectivity index (χ0) is 19.6. The molecular formula is C23H30N2O2. The monoisotopic (exact) mass is 366 g/mol. The highest BCUT2D eigenvalue weighted by atomic mass is 16.2. The van der Waals surface area contributed by atoms with Crippen molar-refractivity contribution in [2.75, 3.05) is 18.9 Å². The number of hydrogen-bond donors (Lipinski definition) is 1. The summed E-state index contributed by atoms with van der Waals surface area (Å²) in [5.74, 6) is -0.239. The number of benzene rings is 2. The maximum absolute atomic E-state index is 12.4. The van der Waals surface area contributed by atoms with Crippen LogP contribution in [0.3, 0.4) is 0 Å². The van der Waals surface area contributed by atoms with Gasteiger partial charge in [0.15, 0.2) is 0 Å². The van der Waals surface area contributed by atoms with Gasteiger partial charge in [0.2, 0.25) is 11.8 Å². The molecule has 0 atom stereocenters. The average molecular weight is 367 g/mol. The maximum Gasteiger partial charge on any atom is 0.243 e. The van der Waals surface area contributed by atoms with E-state index in [2.05, 4.69) is 24.4 Å². The quantitative estimate of drug-likeness (QED) is 0.722. The van der Waals surface area contributed by atoms with Crippen LogP contribution in [0.1, 0.15) is 43.4 Å². The summed E-state index contributed by atoms with van der Waals surface area (Å²) >= 11 is 0. The molecule has 0 spiro atoms. The normalized spacial score (nSPS) is 10.5. The molecule has 0 aliphatic rings. The molecule has 2 rings (SSSR count). The molecule has 0 unspecified atom stereocenters. The van der Waals surface area contributed by atoms with Crippen LogP contribution in [0.5, 0.6) is 0 Å². The topological polar surface area (TPSA) is 49.4 Å². The number of carbonyl (C=O) groups excluding carboxylic acids is 2. The highest BCUT2D eigenvalue weighted by molar-refractivity contribution is 5.95. The van der Waals surface area contributed by atoms with Gasteiger partial charge in [0, 0.05) is 12.7 Å². The van der Waals surface area contributed by atoms with Crippen molar-refractivity contribution >= 4 is 17.5 Å². The lowest BCUT2D eigenvalue weighted by Crippen LogP contribution is -2.35. The van der Waals surface area contributed by atoms with Crippen molar-refractivity contribution in [1.82, 2.24) is 4.90 Å². The van der Waals surface area contributed by atoms with Gasteiger partial charge in [-0.05, 0) is 42.0 Å². The lowest BCUT2D eigenvalue weighted by Gasteiger charge is -2.18. The largest absolute Gasteiger partial charge is 0.336 e. The fraction of sp³-hybridized carbons (Fsp3) is 0.391. The summed E-state index contributed by atoms with van der Waals surface area (Å²) in [7, 11) is 1.67. The van der Waals surface area contributed by atoms with Crippen LogP contribution in [0.15, 0.2) is 48.5 Å². The number of rotatable bonds is 9. The first-order chi connectivity index (χ1) is 13.0. The van der Waals surface area contributed by atoms with E-state index in [1.807, 2.05) is 43.3 Å². The molecule has 4 heteroatoms. The lowest BCUT2D eigenvalue weighted by atomic mass is 10.0. The molecular weight excluding hydrogens is 336 g/mol. The van der Waals surface area contributed by atoms with Crippen molar-refractivity contribution in [3.63, 3.8) is 0 Å². The number of unbranched alkanes of at least 4 members (excludes halogenated alkanes) is 1. The Morgan fingerprint density at radius 1 is 0.963 bits per heavy atom. The van der Waals surface area contributed by atoms with E-state index < -0.39 is 0 Å². The molecule has 0 saturated carbocycles. The fourth-order valence-electron chi connectivity index (χ4n) is 2.96. The number of aryl methyl sites for hydroxylation is 2. The van der Waals surface area contributed by atoms with E-state index in [0.717, 1.165) is 29.7 Å². The van der Waals surface area contributed by atoms with E-state index in [-0.39, 0.29) is 18.4 Å². The molecule has 2 aromatic rings. The Bertz CT molecular complexity index is 753. The molecule has 0 saturated heterocycles. The van der Waals surface area contributed by atoms with Crippen molar-refractivity contribution in [3.8, 4) is 0 Å². The zero-order valence-electron chi connectivity index (χ0n) is 16.6. The minimum atomic E-state index is -0.179. The van der Waals surface area contributed by atoms with Crippen molar-refractivity contribution in [2.24, 2.45) is 0 Å². The number of anilines is 1. The molecule has 0 bridgehead atoms. The number of hydrogen-bond acceptors (Lipinski definition) is 2. The summed E-state index contributed by atoms with van der Waals surface area (Å²) in [6.45, 7) is 4.28. The van der Waals surface area contributed by atoms with Crippen molar-refractivity contribution in [3.05, 3.63) is 65.2 Å². The van der Waals surface area contributed by atoms with Gasteiger partial charge in [-0.3, -0.25) is 9.59 Å². The first kappa shape index (κ1) is 20.7. The Labute approximate surface area is 162 Å². The van der Waals surface area contributed by atoms with E-state index >= 15 is 0 Å². The van der Waals surface area contributed by atoms with Crippen molar-refractivity contribution in [2.45, 2.75) is 46.0 Å². The van der Waals surface area contributed by atoms with Gasteiger partial charge in [0.05, 0.1) is 13.0 Å². The first-order valence-corrected chi connectivity index (χ1v) is 9.73. The zero-order valence-corrected chi connectivity index (χ0v) is 16.6. The average Bonchev–Trinajstić information content (AvgIpc) is 2.67. The molecule has 144 valence electrons. The Kier molecular flexibility index (Phi) is 8.05. The number of carbonyl (C=O) groups is 2. The third-order valence-corrected chi connectivity index (χ3v) is 4.68. The van der Waals surface area contributed by atoms with Crippen molar-refractivity contribution < 1.29 is 9.59 Å². The molecule has 0 radical (unpaired) electrons. The second-order valence-corrected chi connectivity index (χ2v) is 6.91. The summed E-state index contributed by atoms with van der Waals surface area (Å²) in [6, 6.07) is 15.9. The molecule has 0 heterocycles. The van der Waals surface area contributed by atoms with Crippen LogP contribution in [-0.2, 0) is 28.9 Å². The van der Waals surface area contributed by atoms with E-state index in [4.69, 9.17) is 0 Å². The smallest absolute Gasteiger partial charge is 0.243 e. The van der Waals surface area contributed by atoms with E-state index in [1.54, 1.807) is 7.05 Å². The Morgan fingerprint density at radius 2 is 1.63 bits per heavy atom. The number of nitrogens with zero attached hydrogens (tertiary/aromatic N) is 1. The Morgan fingerprint density at radius 3 is 2.30 bits per heavy atom. The standard InChI is InChI=1S/C23H30N2O2/c1-4-6-9-18-12-14-19(15-13-18)16-23(27)25(3)17-22(26)24-21-11-8-7-10-20(21)5-2/h7-8,10-15H,4-6,9,16-17H2,1-3H3,(H,24,26). The fourth-order valence-corrected chi connectivity index (χ4v) is 2.96. The molecule has 0 fully saturated rings. The van der Waals surface area contributed by atoms with Gasteiger partial charge in [0.1, 0.15) is 0 Å². The minimum absolute atomic E-state index is 0.0471. The Balaban J connectivity index is 1.86. The first-order valence-electron chi connectivity index (χ1n) is 9.73. The molecule has 2 aromatic carbocycles. The van der Waals surface area contributed by atoms with E-state index in [1.165, 1.54) is 23.3 Å². The summed E-state index contributed by atoms with van der Waals surface area (Å²) in [4.78, 5) is 26.2. The Hall–Kier alpha value is -2.62. The number of likely N-dealkylation sites (N-methyl/N-ethyl adjacent to an activating group) is 1. The summed E-state index contributed by atoms with van der Waals surface area (Å²) in [5.41, 5.74) is 4.18. The van der Waals surface area contributed by atoms with Gasteiger partial charge in [-0.25, -0.2) is 0 Å². The van der Waals surface area contributed by atoms with Crippen LogP contribution in [0.25, 0.3) is 0 Å². The summed E-state index contributed by atoms with van der Waals surface area (Å²) in [5, 5.41) is 2.91. The van der Waals surface area contributed by atoms with Gasteiger partial charge in [-0.15, -0.1) is 0 Å². The molecule has 0 aromatic heterocycles. The van der Waals surface area contributed by atoms with Gasteiger partial charge in [-0.1, -0.05) is 62.7 Å². The second-order valence-electron chi connectivity index (χ2n) is 6.91. The van der Waals surface area contributed by atoms with E-state index in [0.29, 0.717) is 6.42 Å². The summed E-state index contributed by atoms with van der Waals surface area (Å²) < 4.78 is 0. The number of nitrogens with one attached hydrogen (secondary N) is 1. The van der Waals surface area contributed by atoms with Crippen LogP contribution in [-0.4, -0.2) is 30.3 Å². The second kappa shape index (κ2) is 10.5. The van der Waals surface area contributed by atoms with Gasteiger partial charge in [0.25, 0.3) is 0 Å². The SMILES string of the molecule is CCCCc1ccc(CC(=O)N(C)CC(=O)Nc2ccccc2CC)cc1. The third-order valence-electron chi connectivity index (χ3n) is 4.68. The molecule has 0 aliphatic heterocycles. The minimum Gasteiger partial charge on any atom is -0.336 e. The molecule has 1 N–H and O–H groups in total. The molecule has 4 nitrogen and oxygen atoms in total. The number of para-hydroxylation sites is 1. The third kappa shape index (κ3) is 6.55. The van der Waals surface area contributed by atoms with Crippen molar-refractivity contribution in [1.29, 1.82) is 0 Å². The lowest BCUT2D eigenvalue weighted by molar-refractivity contribution is -0.132. The highest BCUT2D eigenvalue weighted by Gasteiger charge is 2.14. The number of amides is 2. The summed E-state index contributed by atoms with van der Waals surface area (Å²) in [6.07, 6.45) is 4.58. The predicted molar refractivity (Wildman–Crippen MR) is 111 cm³/mol. The maximum atomic E-state index is 12.4. The van der Waals surface area contributed by atoms with Gasteiger partial charge >= 0.3 is 0 Å². The highest BCUT2D eigenvalue weighted by Crippen LogP contribution is 2.15. The van der Waals surface area contributed by atoms with Crippen LogP contribution < -0.4 is 5.32 Å². The van der Waals surface area contributed by atoms with Crippen LogP contribution in [0, 0.1) is 0 Å². The molecule has 27 heavy (non-hydrogen) atoms. The van der Waals surface area contributed by atoms with Gasteiger partial charge in [-0.2, -0.15) is 0 Å². The molecule has 0 aliphatic carbocycles. The predicted octanol–water partition coefficient (Wildman–Crippen LogP) is 4.23. The van der Waals surface area contributed by atoms with E-state index in [9.17, 15) is 9.59 Å². The van der Waals surface area contributed by atoms with Gasteiger partial charge < -0.3 is 10.2 Å². The van der Waals surface area contributed by atoms with Crippen LogP contribution in [0.4, 0.5) is 5.69 Å². The van der Waals surface area contributed by atoms with Crippen LogP contribution >= 0.6 is 0 Å². The molecule has 2 amide bonds.